The Balaban J connectivity index is 1.33. The van der Waals surface area contributed by atoms with Crippen LogP contribution in [0.4, 0.5) is 0 Å². The molecule has 2 aromatic carbocycles. The molecule has 2 fully saturated rings. The molecule has 1 heterocycles. The summed E-state index contributed by atoms with van der Waals surface area (Å²) in [5.74, 6) is 0.578. The largest absolute Gasteiger partial charge is 0.486 e. The van der Waals surface area contributed by atoms with E-state index in [2.05, 4.69) is 36.0 Å². The number of aliphatic imine (C=N–C) groups is 1. The molecule has 0 bridgehead atoms. The van der Waals surface area contributed by atoms with Crippen LogP contribution in [0.15, 0.2) is 53.5 Å². The minimum atomic E-state index is -1.22. The molecule has 2 aliphatic rings. The molecule has 0 radical (unpaired) electrons. The van der Waals surface area contributed by atoms with Crippen LogP contribution in [-0.2, 0) is 11.3 Å². The van der Waals surface area contributed by atoms with Gasteiger partial charge in [-0.15, -0.1) is 0 Å². The molecule has 1 aliphatic carbocycles. The molecule has 168 valence electrons. The fraction of sp³-hybridized carbons (Fsp3) is 0.423. The Kier molecular flexibility index (Phi) is 6.70. The van der Waals surface area contributed by atoms with Crippen molar-refractivity contribution in [1.82, 2.24) is 4.90 Å². The summed E-state index contributed by atoms with van der Waals surface area (Å²) in [6.45, 7) is 5.40. The lowest BCUT2D eigenvalue weighted by molar-refractivity contribution is -0.148. The van der Waals surface area contributed by atoms with Crippen LogP contribution >= 0.6 is 0 Å². The number of nitrogens with zero attached hydrogens (tertiary/aromatic N) is 2. The molecule has 6 nitrogen and oxygen atoms in total. The minimum Gasteiger partial charge on any atom is -0.486 e. The number of Topliss-reactive ketones (excluding diaryl/α,β-unsaturated/α-hetero) is 1. The number of ketones is 1. The number of hydrogen-bond acceptors (Lipinski definition) is 5. The van der Waals surface area contributed by atoms with Crippen LogP contribution in [0.3, 0.4) is 0 Å². The third kappa shape index (κ3) is 4.91. The van der Waals surface area contributed by atoms with Crippen LogP contribution in [0.1, 0.15) is 59.5 Å². The molecule has 1 aliphatic heterocycles. The third-order valence-corrected chi connectivity index (χ3v) is 6.65. The maximum atomic E-state index is 13.0. The van der Waals surface area contributed by atoms with E-state index in [0.717, 1.165) is 24.8 Å². The van der Waals surface area contributed by atoms with Gasteiger partial charge in [0.2, 0.25) is 5.78 Å². The second-order valence-electron chi connectivity index (χ2n) is 8.82. The van der Waals surface area contributed by atoms with Gasteiger partial charge in [0.05, 0.1) is 6.54 Å². The molecule has 0 atom stereocenters. The van der Waals surface area contributed by atoms with E-state index in [1.807, 2.05) is 4.90 Å². The predicted octanol–water partition coefficient (Wildman–Crippen LogP) is 3.77. The first-order valence-corrected chi connectivity index (χ1v) is 11.3. The molecule has 1 saturated carbocycles. The molecule has 6 heteroatoms. The Morgan fingerprint density at radius 1 is 1.12 bits per heavy atom. The van der Waals surface area contributed by atoms with Crippen molar-refractivity contribution < 1.29 is 19.4 Å². The van der Waals surface area contributed by atoms with E-state index in [-0.39, 0.29) is 18.3 Å². The molecular weight excluding hydrogens is 404 g/mol. The molecule has 0 aromatic heterocycles. The van der Waals surface area contributed by atoms with Gasteiger partial charge >= 0.3 is 0 Å². The Morgan fingerprint density at radius 3 is 2.56 bits per heavy atom. The minimum absolute atomic E-state index is 0.0255. The quantitative estimate of drug-likeness (QED) is 0.642. The number of rotatable bonds is 8. The summed E-state index contributed by atoms with van der Waals surface area (Å²) < 4.78 is 5.58. The molecule has 2 aromatic rings. The van der Waals surface area contributed by atoms with Crippen LogP contribution in [0.2, 0.25) is 0 Å². The van der Waals surface area contributed by atoms with Gasteiger partial charge < -0.3 is 14.7 Å². The number of likely N-dealkylation sites (tertiary alicyclic amines) is 1. The van der Waals surface area contributed by atoms with Gasteiger partial charge in [-0.3, -0.25) is 14.6 Å². The van der Waals surface area contributed by atoms with Crippen LogP contribution in [-0.4, -0.2) is 53.7 Å². The average Bonchev–Trinajstić information content (AvgIpc) is 2.81. The van der Waals surface area contributed by atoms with E-state index in [0.29, 0.717) is 49.7 Å². The van der Waals surface area contributed by atoms with Gasteiger partial charge in [0.1, 0.15) is 18.0 Å². The zero-order chi connectivity index (χ0) is 22.6. The first-order valence-electron chi connectivity index (χ1n) is 11.3. The Labute approximate surface area is 188 Å². The molecule has 1 saturated heterocycles. The van der Waals surface area contributed by atoms with Crippen molar-refractivity contribution in [2.75, 3.05) is 19.7 Å². The van der Waals surface area contributed by atoms with E-state index in [1.54, 1.807) is 24.3 Å². The highest BCUT2D eigenvalue weighted by Crippen LogP contribution is 2.33. The second-order valence-corrected chi connectivity index (χ2v) is 8.82. The van der Waals surface area contributed by atoms with Crippen molar-refractivity contribution >= 4 is 18.4 Å². The van der Waals surface area contributed by atoms with Crippen molar-refractivity contribution in [3.05, 3.63) is 65.2 Å². The number of amides is 1. The van der Waals surface area contributed by atoms with Gasteiger partial charge in [-0.05, 0) is 74.1 Å². The lowest BCUT2D eigenvalue weighted by Crippen LogP contribution is -2.47. The highest BCUT2D eigenvalue weighted by atomic mass is 16.5. The number of piperidine rings is 1. The van der Waals surface area contributed by atoms with Crippen LogP contribution in [0, 0.1) is 0 Å². The first-order chi connectivity index (χ1) is 15.5. The topological polar surface area (TPSA) is 79.2 Å². The summed E-state index contributed by atoms with van der Waals surface area (Å²) in [6.07, 6.45) is 3.69. The standard InChI is InChI=1S/C26H30N2O4/c1-27-17-19-5-2-6-21(15-19)20-9-13-28(14-10-20)25(30)22-7-3-8-23(16-22)32-18-24(29)26(31)11-4-12-26/h2-3,5-8,15-16,20,31H,1,4,9-14,17-18H2. The molecule has 32 heavy (non-hydrogen) atoms. The third-order valence-electron chi connectivity index (χ3n) is 6.65. The number of carbonyl (C=O) groups excluding carboxylic acids is 2. The molecular formula is C26H30N2O4. The van der Waals surface area contributed by atoms with Crippen molar-refractivity contribution in [2.24, 2.45) is 4.99 Å². The predicted molar refractivity (Wildman–Crippen MR) is 123 cm³/mol. The van der Waals surface area contributed by atoms with Crippen molar-refractivity contribution in [1.29, 1.82) is 0 Å². The van der Waals surface area contributed by atoms with Crippen molar-refractivity contribution in [2.45, 2.75) is 50.2 Å². The number of aliphatic hydroxyl groups is 1. The summed E-state index contributed by atoms with van der Waals surface area (Å²) in [5, 5.41) is 10.1. The zero-order valence-electron chi connectivity index (χ0n) is 18.3. The zero-order valence-corrected chi connectivity index (χ0v) is 18.3. The van der Waals surface area contributed by atoms with Crippen molar-refractivity contribution in [3.63, 3.8) is 0 Å². The molecule has 1 N–H and O–H groups in total. The van der Waals surface area contributed by atoms with E-state index in [9.17, 15) is 14.7 Å². The lowest BCUT2D eigenvalue weighted by Gasteiger charge is -2.34. The summed E-state index contributed by atoms with van der Waals surface area (Å²) >= 11 is 0. The lowest BCUT2D eigenvalue weighted by atomic mass is 9.77. The van der Waals surface area contributed by atoms with E-state index in [4.69, 9.17) is 4.74 Å². The van der Waals surface area contributed by atoms with Gasteiger partial charge in [0.25, 0.3) is 5.91 Å². The van der Waals surface area contributed by atoms with Crippen LogP contribution < -0.4 is 4.74 Å². The monoisotopic (exact) mass is 434 g/mol. The number of ether oxygens (including phenoxy) is 1. The fourth-order valence-corrected chi connectivity index (χ4v) is 4.47. The SMILES string of the molecule is C=NCc1cccc(C2CCN(C(=O)c3cccc(OCC(=O)C4(O)CCC4)c3)CC2)c1. The highest BCUT2D eigenvalue weighted by molar-refractivity contribution is 5.94. The van der Waals surface area contributed by atoms with E-state index >= 15 is 0 Å². The first kappa shape index (κ1) is 22.2. The summed E-state index contributed by atoms with van der Waals surface area (Å²) in [6, 6.07) is 15.4. The molecule has 4 rings (SSSR count). The number of hydrogen-bond donors (Lipinski definition) is 1. The van der Waals surface area contributed by atoms with Gasteiger partial charge in [-0.25, -0.2) is 0 Å². The van der Waals surface area contributed by atoms with Crippen molar-refractivity contribution in [3.8, 4) is 5.75 Å². The highest BCUT2D eigenvalue weighted by Gasteiger charge is 2.41. The number of benzene rings is 2. The van der Waals surface area contributed by atoms with Crippen LogP contribution in [0.5, 0.6) is 5.75 Å². The Hall–Kier alpha value is -2.99. The van der Waals surface area contributed by atoms with E-state index < -0.39 is 5.60 Å². The molecule has 0 spiro atoms. The van der Waals surface area contributed by atoms with Gasteiger partial charge in [-0.2, -0.15) is 0 Å². The molecule has 1 amide bonds. The fourth-order valence-electron chi connectivity index (χ4n) is 4.47. The molecule has 0 unspecified atom stereocenters. The van der Waals surface area contributed by atoms with Gasteiger partial charge in [0, 0.05) is 18.7 Å². The summed E-state index contributed by atoms with van der Waals surface area (Å²) in [5.41, 5.74) is 1.79. The van der Waals surface area contributed by atoms with Crippen LogP contribution in [0.25, 0.3) is 0 Å². The Morgan fingerprint density at radius 2 is 1.88 bits per heavy atom. The summed E-state index contributed by atoms with van der Waals surface area (Å²) in [7, 11) is 0. The summed E-state index contributed by atoms with van der Waals surface area (Å²) in [4.78, 5) is 31.0. The van der Waals surface area contributed by atoms with Gasteiger partial charge in [-0.1, -0.05) is 30.3 Å². The maximum absolute atomic E-state index is 13.0. The van der Waals surface area contributed by atoms with E-state index in [1.165, 1.54) is 5.56 Å². The normalized spacial score (nSPS) is 18.0. The average molecular weight is 435 g/mol. The van der Waals surface area contributed by atoms with Gasteiger partial charge in [0.15, 0.2) is 0 Å². The smallest absolute Gasteiger partial charge is 0.253 e. The number of carbonyl (C=O) groups is 2. The second kappa shape index (κ2) is 9.65. The Bertz CT molecular complexity index is 991. The maximum Gasteiger partial charge on any atom is 0.253 e.